The molecule has 1 aliphatic rings. The zero-order chi connectivity index (χ0) is 9.97. The first kappa shape index (κ1) is 9.71. The summed E-state index contributed by atoms with van der Waals surface area (Å²) >= 11 is 0. The lowest BCUT2D eigenvalue weighted by Gasteiger charge is -2.21. The van der Waals surface area contributed by atoms with Crippen LogP contribution < -0.4 is 5.32 Å². The van der Waals surface area contributed by atoms with E-state index in [1.807, 2.05) is 12.3 Å². The molecule has 0 bridgehead atoms. The number of aromatic nitrogens is 2. The normalized spacial score (nSPS) is 29.3. The first-order valence-electron chi connectivity index (χ1n) is 5.52. The van der Waals surface area contributed by atoms with Crippen molar-refractivity contribution in [2.24, 2.45) is 5.92 Å². The predicted octanol–water partition coefficient (Wildman–Crippen LogP) is 2.25. The minimum Gasteiger partial charge on any atom is -0.306 e. The van der Waals surface area contributed by atoms with E-state index in [9.17, 15) is 0 Å². The van der Waals surface area contributed by atoms with Gasteiger partial charge in [-0.1, -0.05) is 13.3 Å². The summed E-state index contributed by atoms with van der Waals surface area (Å²) in [5.74, 6) is 0.820. The van der Waals surface area contributed by atoms with E-state index in [-0.39, 0.29) is 0 Å². The minimum absolute atomic E-state index is 0.392. The number of rotatable bonds is 3. The second-order valence-corrected chi connectivity index (χ2v) is 4.42. The second kappa shape index (κ2) is 4.13. The van der Waals surface area contributed by atoms with Crippen molar-refractivity contribution in [3.05, 3.63) is 18.0 Å². The van der Waals surface area contributed by atoms with E-state index in [4.69, 9.17) is 0 Å². The third-order valence-electron chi connectivity index (χ3n) is 3.31. The maximum Gasteiger partial charge on any atom is 0.0518 e. The monoisotopic (exact) mass is 193 g/mol. The molecule has 0 aromatic carbocycles. The van der Waals surface area contributed by atoms with Crippen LogP contribution in [0.3, 0.4) is 0 Å². The van der Waals surface area contributed by atoms with Gasteiger partial charge in [-0.2, -0.15) is 5.10 Å². The van der Waals surface area contributed by atoms with Crippen LogP contribution in [0.15, 0.2) is 12.3 Å². The fraction of sp³-hybridized carbons (Fsp3) is 0.727. The molecule has 1 heterocycles. The summed E-state index contributed by atoms with van der Waals surface area (Å²) < 4.78 is 0. The third kappa shape index (κ3) is 1.98. The highest BCUT2D eigenvalue weighted by molar-refractivity contribution is 5.04. The van der Waals surface area contributed by atoms with E-state index < -0.39 is 0 Å². The van der Waals surface area contributed by atoms with Gasteiger partial charge in [0.1, 0.15) is 0 Å². The van der Waals surface area contributed by atoms with E-state index in [1.54, 1.807) is 0 Å². The van der Waals surface area contributed by atoms with Crippen LogP contribution in [0.4, 0.5) is 0 Å². The van der Waals surface area contributed by atoms with Gasteiger partial charge < -0.3 is 5.32 Å². The lowest BCUT2D eigenvalue weighted by Crippen LogP contribution is -2.33. The highest BCUT2D eigenvalue weighted by atomic mass is 15.1. The summed E-state index contributed by atoms with van der Waals surface area (Å²) in [4.78, 5) is 0. The van der Waals surface area contributed by atoms with Crippen LogP contribution in [0.25, 0.3) is 0 Å². The molecule has 1 aromatic rings. The molecule has 0 saturated heterocycles. The smallest absolute Gasteiger partial charge is 0.0518 e. The Labute approximate surface area is 85.3 Å². The van der Waals surface area contributed by atoms with Crippen LogP contribution in [0.1, 0.15) is 44.8 Å². The SMILES string of the molecule is CC(NC1CCCC1C)c1ccn[nH]1. The Hall–Kier alpha value is -0.830. The molecule has 0 amide bonds. The largest absolute Gasteiger partial charge is 0.306 e. The van der Waals surface area contributed by atoms with Crippen LogP contribution in [0, 0.1) is 5.92 Å². The van der Waals surface area contributed by atoms with Crippen LogP contribution in [-0.2, 0) is 0 Å². The van der Waals surface area contributed by atoms with Crippen molar-refractivity contribution in [2.45, 2.75) is 45.2 Å². The summed E-state index contributed by atoms with van der Waals surface area (Å²) in [6.07, 6.45) is 5.87. The van der Waals surface area contributed by atoms with E-state index in [0.717, 1.165) is 5.92 Å². The average Bonchev–Trinajstić information content (AvgIpc) is 2.77. The molecule has 2 rings (SSSR count). The topological polar surface area (TPSA) is 40.7 Å². The summed E-state index contributed by atoms with van der Waals surface area (Å²) in [7, 11) is 0. The fourth-order valence-corrected chi connectivity index (χ4v) is 2.31. The van der Waals surface area contributed by atoms with E-state index in [0.29, 0.717) is 12.1 Å². The molecule has 3 nitrogen and oxygen atoms in total. The van der Waals surface area contributed by atoms with Gasteiger partial charge >= 0.3 is 0 Å². The second-order valence-electron chi connectivity index (χ2n) is 4.42. The van der Waals surface area contributed by atoms with Gasteiger partial charge in [-0.3, -0.25) is 5.10 Å². The van der Waals surface area contributed by atoms with Gasteiger partial charge in [0.05, 0.1) is 5.69 Å². The van der Waals surface area contributed by atoms with Crippen molar-refractivity contribution in [1.82, 2.24) is 15.5 Å². The van der Waals surface area contributed by atoms with Crippen LogP contribution in [0.2, 0.25) is 0 Å². The van der Waals surface area contributed by atoms with Crippen LogP contribution in [-0.4, -0.2) is 16.2 Å². The molecule has 1 aliphatic carbocycles. The predicted molar refractivity (Wildman–Crippen MR) is 56.9 cm³/mol. The summed E-state index contributed by atoms with van der Waals surface area (Å²) in [6.45, 7) is 4.53. The Morgan fingerprint density at radius 2 is 2.43 bits per heavy atom. The molecule has 0 aliphatic heterocycles. The highest BCUT2D eigenvalue weighted by Gasteiger charge is 2.24. The van der Waals surface area contributed by atoms with Gasteiger partial charge in [0.25, 0.3) is 0 Å². The van der Waals surface area contributed by atoms with Crippen LogP contribution >= 0.6 is 0 Å². The number of H-pyrrole nitrogens is 1. The third-order valence-corrected chi connectivity index (χ3v) is 3.31. The quantitative estimate of drug-likeness (QED) is 0.773. The minimum atomic E-state index is 0.392. The number of aromatic amines is 1. The zero-order valence-electron chi connectivity index (χ0n) is 8.96. The van der Waals surface area contributed by atoms with Crippen molar-refractivity contribution >= 4 is 0 Å². The van der Waals surface area contributed by atoms with Gasteiger partial charge in [0.15, 0.2) is 0 Å². The first-order chi connectivity index (χ1) is 6.77. The molecule has 1 fully saturated rings. The van der Waals surface area contributed by atoms with Crippen molar-refractivity contribution in [1.29, 1.82) is 0 Å². The van der Waals surface area contributed by atoms with E-state index in [1.165, 1.54) is 25.0 Å². The van der Waals surface area contributed by atoms with Gasteiger partial charge in [-0.25, -0.2) is 0 Å². The van der Waals surface area contributed by atoms with E-state index in [2.05, 4.69) is 29.4 Å². The maximum atomic E-state index is 3.97. The number of nitrogens with zero attached hydrogens (tertiary/aromatic N) is 1. The molecule has 14 heavy (non-hydrogen) atoms. The summed E-state index contributed by atoms with van der Waals surface area (Å²) in [5.41, 5.74) is 1.18. The Morgan fingerprint density at radius 1 is 1.57 bits per heavy atom. The van der Waals surface area contributed by atoms with Crippen LogP contribution in [0.5, 0.6) is 0 Å². The van der Waals surface area contributed by atoms with E-state index >= 15 is 0 Å². The number of nitrogens with one attached hydrogen (secondary N) is 2. The molecule has 3 heteroatoms. The molecule has 1 aromatic heterocycles. The molecule has 78 valence electrons. The molecule has 2 N–H and O–H groups in total. The Balaban J connectivity index is 1.91. The Morgan fingerprint density at radius 3 is 3.00 bits per heavy atom. The zero-order valence-corrected chi connectivity index (χ0v) is 8.96. The number of hydrogen-bond acceptors (Lipinski definition) is 2. The molecule has 0 spiro atoms. The standard InChI is InChI=1S/C11H19N3/c1-8-4-3-5-10(8)13-9(2)11-6-7-12-14-11/h6-10,13H,3-5H2,1-2H3,(H,12,14). The Bertz CT molecular complexity index is 268. The molecule has 0 radical (unpaired) electrons. The van der Waals surface area contributed by atoms with Crippen molar-refractivity contribution in [3.8, 4) is 0 Å². The first-order valence-corrected chi connectivity index (χ1v) is 5.52. The summed E-state index contributed by atoms with van der Waals surface area (Å²) in [6, 6.07) is 3.12. The molecule has 3 atom stereocenters. The fourth-order valence-electron chi connectivity index (χ4n) is 2.31. The molecular weight excluding hydrogens is 174 g/mol. The summed E-state index contributed by atoms with van der Waals surface area (Å²) in [5, 5.41) is 10.6. The lowest BCUT2D eigenvalue weighted by molar-refractivity contribution is 0.384. The maximum absolute atomic E-state index is 3.97. The van der Waals surface area contributed by atoms with Crippen molar-refractivity contribution in [3.63, 3.8) is 0 Å². The molecular formula is C11H19N3. The van der Waals surface area contributed by atoms with Gasteiger partial charge in [0, 0.05) is 18.3 Å². The number of hydrogen-bond donors (Lipinski definition) is 2. The van der Waals surface area contributed by atoms with Gasteiger partial charge in [0.2, 0.25) is 0 Å². The lowest BCUT2D eigenvalue weighted by atomic mass is 10.1. The van der Waals surface area contributed by atoms with Crippen molar-refractivity contribution < 1.29 is 0 Å². The molecule has 1 saturated carbocycles. The van der Waals surface area contributed by atoms with Crippen molar-refractivity contribution in [2.75, 3.05) is 0 Å². The van der Waals surface area contributed by atoms with Gasteiger partial charge in [-0.05, 0) is 31.7 Å². The highest BCUT2D eigenvalue weighted by Crippen LogP contribution is 2.26. The Kier molecular flexibility index (Phi) is 2.87. The van der Waals surface area contributed by atoms with Gasteiger partial charge in [-0.15, -0.1) is 0 Å². The molecule has 3 unspecified atom stereocenters. The average molecular weight is 193 g/mol.